The van der Waals surface area contributed by atoms with Gasteiger partial charge in [0.2, 0.25) is 0 Å². The first-order valence-electron chi connectivity index (χ1n) is 6.24. The van der Waals surface area contributed by atoms with Crippen molar-refractivity contribution in [3.05, 3.63) is 24.5 Å². The Morgan fingerprint density at radius 2 is 2.35 bits per heavy atom. The third kappa shape index (κ3) is 2.76. The van der Waals surface area contributed by atoms with Crippen molar-refractivity contribution in [3.63, 3.8) is 0 Å². The molecule has 3 unspecified atom stereocenters. The minimum absolute atomic E-state index is 0.118. The van der Waals surface area contributed by atoms with E-state index in [0.29, 0.717) is 5.92 Å². The fraction of sp³-hybridized carbons (Fsp3) is 0.615. The van der Waals surface area contributed by atoms with Crippen LogP contribution in [0.25, 0.3) is 0 Å². The summed E-state index contributed by atoms with van der Waals surface area (Å²) in [5, 5.41) is 13.6. The third-order valence-corrected chi connectivity index (χ3v) is 3.55. The minimum Gasteiger partial charge on any atom is -0.372 e. The molecule has 0 spiro atoms. The highest BCUT2D eigenvalue weighted by Gasteiger charge is 2.29. The maximum atomic E-state index is 10.4. The zero-order chi connectivity index (χ0) is 12.3. The number of nitrogens with one attached hydrogen (secondary N) is 1. The number of nitrogens with zero attached hydrogens (tertiary/aromatic N) is 2. The average molecular weight is 235 g/mol. The summed E-state index contributed by atoms with van der Waals surface area (Å²) in [6.07, 6.45) is 5.20. The molecule has 94 valence electrons. The molecule has 1 saturated heterocycles. The Morgan fingerprint density at radius 1 is 1.53 bits per heavy atom. The molecule has 2 heterocycles. The number of anilines is 1. The molecular formula is C13H21N3O. The van der Waals surface area contributed by atoms with E-state index in [1.54, 1.807) is 6.20 Å². The van der Waals surface area contributed by atoms with Crippen molar-refractivity contribution < 1.29 is 5.11 Å². The Balaban J connectivity index is 2.21. The van der Waals surface area contributed by atoms with Gasteiger partial charge in [0.25, 0.3) is 0 Å². The Hall–Kier alpha value is -1.13. The summed E-state index contributed by atoms with van der Waals surface area (Å²) in [4.78, 5) is 6.16. The molecule has 17 heavy (non-hydrogen) atoms. The largest absolute Gasteiger partial charge is 0.372 e. The monoisotopic (exact) mass is 235 g/mol. The maximum absolute atomic E-state index is 10.4. The lowest BCUT2D eigenvalue weighted by Gasteiger charge is -2.32. The quantitative estimate of drug-likeness (QED) is 0.809. The molecule has 0 aliphatic carbocycles. The van der Waals surface area contributed by atoms with E-state index >= 15 is 0 Å². The van der Waals surface area contributed by atoms with Crippen molar-refractivity contribution in [2.75, 3.05) is 18.5 Å². The summed E-state index contributed by atoms with van der Waals surface area (Å²) in [7, 11) is 1.91. The predicted octanol–water partition coefficient (Wildman–Crippen LogP) is 1.22. The number of aliphatic hydroxyl groups excluding tert-OH is 1. The van der Waals surface area contributed by atoms with Gasteiger partial charge >= 0.3 is 0 Å². The molecule has 0 radical (unpaired) electrons. The van der Waals surface area contributed by atoms with Crippen molar-refractivity contribution in [3.8, 4) is 0 Å². The van der Waals surface area contributed by atoms with Gasteiger partial charge in [-0.25, -0.2) is 0 Å². The summed E-state index contributed by atoms with van der Waals surface area (Å²) >= 11 is 0. The molecule has 4 nitrogen and oxygen atoms in total. The molecule has 1 aromatic heterocycles. The van der Waals surface area contributed by atoms with Crippen LogP contribution in [0.15, 0.2) is 24.5 Å². The number of likely N-dealkylation sites (N-methyl/N-ethyl adjacent to an activating group) is 1. The summed E-state index contributed by atoms with van der Waals surface area (Å²) < 4.78 is 0. The van der Waals surface area contributed by atoms with Gasteiger partial charge in [-0.15, -0.1) is 0 Å². The van der Waals surface area contributed by atoms with Gasteiger partial charge in [0.1, 0.15) is 6.23 Å². The predicted molar refractivity (Wildman–Crippen MR) is 68.8 cm³/mol. The summed E-state index contributed by atoms with van der Waals surface area (Å²) in [5.74, 6) is 0.628. The van der Waals surface area contributed by atoms with E-state index in [0.717, 1.165) is 25.1 Å². The van der Waals surface area contributed by atoms with Crippen molar-refractivity contribution in [2.45, 2.75) is 32.0 Å². The lowest BCUT2D eigenvalue weighted by Crippen LogP contribution is -2.48. The smallest absolute Gasteiger partial charge is 0.142 e. The third-order valence-electron chi connectivity index (χ3n) is 3.55. The number of aromatic nitrogens is 1. The number of rotatable bonds is 2. The lowest BCUT2D eigenvalue weighted by atomic mass is 10.00. The Bertz CT molecular complexity index is 344. The molecular weight excluding hydrogens is 214 g/mol. The van der Waals surface area contributed by atoms with Crippen molar-refractivity contribution in [1.82, 2.24) is 10.3 Å². The molecule has 1 fully saturated rings. The van der Waals surface area contributed by atoms with Crippen LogP contribution < -0.4 is 10.2 Å². The summed E-state index contributed by atoms with van der Waals surface area (Å²) in [6.45, 7) is 3.12. The molecule has 3 atom stereocenters. The molecule has 0 saturated carbocycles. The molecule has 1 aromatic rings. The van der Waals surface area contributed by atoms with E-state index in [-0.39, 0.29) is 6.04 Å². The van der Waals surface area contributed by atoms with E-state index in [9.17, 15) is 5.11 Å². The van der Waals surface area contributed by atoms with Crippen LogP contribution in [0, 0.1) is 5.92 Å². The molecule has 0 bridgehead atoms. The minimum atomic E-state index is -0.478. The summed E-state index contributed by atoms with van der Waals surface area (Å²) in [6, 6.07) is 4.02. The van der Waals surface area contributed by atoms with Crippen LogP contribution >= 0.6 is 0 Å². The first-order valence-corrected chi connectivity index (χ1v) is 6.24. The van der Waals surface area contributed by atoms with Crippen LogP contribution in [-0.4, -0.2) is 36.0 Å². The van der Waals surface area contributed by atoms with E-state index in [1.165, 1.54) is 0 Å². The van der Waals surface area contributed by atoms with Gasteiger partial charge in [-0.1, -0.05) is 6.92 Å². The highest BCUT2D eigenvalue weighted by Crippen LogP contribution is 2.25. The Kier molecular flexibility index (Phi) is 3.97. The van der Waals surface area contributed by atoms with E-state index in [4.69, 9.17) is 0 Å². The molecule has 0 aromatic carbocycles. The average Bonchev–Trinajstić information content (AvgIpc) is 2.50. The fourth-order valence-electron chi connectivity index (χ4n) is 2.45. The molecule has 0 amide bonds. The highest BCUT2D eigenvalue weighted by atomic mass is 16.3. The highest BCUT2D eigenvalue weighted by molar-refractivity contribution is 5.44. The zero-order valence-electron chi connectivity index (χ0n) is 10.5. The number of hydrogen-bond acceptors (Lipinski definition) is 4. The van der Waals surface area contributed by atoms with Crippen LogP contribution in [0.4, 0.5) is 5.69 Å². The standard InChI is InChI=1S/C13H21N3O/c1-10-5-7-16(11-4-3-6-15-9-11)13(17)12(8-10)14-2/h3-4,6,9-10,12-14,17H,5,7-8H2,1-2H3. The number of hydrogen-bond donors (Lipinski definition) is 2. The second kappa shape index (κ2) is 5.47. The molecule has 1 aliphatic heterocycles. The van der Waals surface area contributed by atoms with Crippen molar-refractivity contribution in [1.29, 1.82) is 0 Å². The van der Waals surface area contributed by atoms with Crippen LogP contribution in [0.3, 0.4) is 0 Å². The van der Waals surface area contributed by atoms with Crippen LogP contribution in [0.1, 0.15) is 19.8 Å². The maximum Gasteiger partial charge on any atom is 0.142 e. The van der Waals surface area contributed by atoms with Crippen LogP contribution in [-0.2, 0) is 0 Å². The molecule has 2 rings (SSSR count). The number of aliphatic hydroxyl groups is 1. The van der Waals surface area contributed by atoms with Gasteiger partial charge in [-0.3, -0.25) is 4.98 Å². The normalized spacial score (nSPS) is 30.1. The lowest BCUT2D eigenvalue weighted by molar-refractivity contribution is 0.126. The van der Waals surface area contributed by atoms with Gasteiger partial charge in [-0.2, -0.15) is 0 Å². The van der Waals surface area contributed by atoms with Gasteiger partial charge in [-0.05, 0) is 37.9 Å². The van der Waals surface area contributed by atoms with Crippen LogP contribution in [0.2, 0.25) is 0 Å². The van der Waals surface area contributed by atoms with Gasteiger partial charge < -0.3 is 15.3 Å². The second-order valence-electron chi connectivity index (χ2n) is 4.84. The SMILES string of the molecule is CNC1CC(C)CCN(c2cccnc2)C1O. The molecule has 2 N–H and O–H groups in total. The second-order valence-corrected chi connectivity index (χ2v) is 4.84. The first-order chi connectivity index (χ1) is 8.22. The number of pyridine rings is 1. The first kappa shape index (κ1) is 12.3. The fourth-order valence-corrected chi connectivity index (χ4v) is 2.45. The zero-order valence-corrected chi connectivity index (χ0v) is 10.5. The Labute approximate surface area is 103 Å². The van der Waals surface area contributed by atoms with Gasteiger partial charge in [0.15, 0.2) is 0 Å². The van der Waals surface area contributed by atoms with Crippen molar-refractivity contribution in [2.24, 2.45) is 5.92 Å². The van der Waals surface area contributed by atoms with E-state index in [1.807, 2.05) is 30.3 Å². The van der Waals surface area contributed by atoms with Gasteiger partial charge in [0, 0.05) is 12.7 Å². The van der Waals surface area contributed by atoms with Crippen molar-refractivity contribution >= 4 is 5.69 Å². The van der Waals surface area contributed by atoms with E-state index in [2.05, 4.69) is 17.2 Å². The van der Waals surface area contributed by atoms with E-state index < -0.39 is 6.23 Å². The van der Waals surface area contributed by atoms with Crippen LogP contribution in [0.5, 0.6) is 0 Å². The summed E-state index contributed by atoms with van der Waals surface area (Å²) in [5.41, 5.74) is 0.995. The molecule has 1 aliphatic rings. The topological polar surface area (TPSA) is 48.4 Å². The van der Waals surface area contributed by atoms with Gasteiger partial charge in [0.05, 0.1) is 17.9 Å². The molecule has 4 heteroatoms. The Morgan fingerprint density at radius 3 is 3.00 bits per heavy atom.